The molecule has 1 saturated carbocycles. The van der Waals surface area contributed by atoms with Crippen LogP contribution >= 0.6 is 0 Å². The molecular weight excluding hydrogens is 232 g/mol. The van der Waals surface area contributed by atoms with Gasteiger partial charge in [0.25, 0.3) is 0 Å². The molecule has 3 rings (SSSR count). The Morgan fingerprint density at radius 3 is 2.37 bits per heavy atom. The van der Waals surface area contributed by atoms with Crippen LogP contribution in [-0.2, 0) is 0 Å². The van der Waals surface area contributed by atoms with Crippen molar-refractivity contribution in [3.63, 3.8) is 0 Å². The normalized spacial score (nSPS) is 29.4. The lowest BCUT2D eigenvalue weighted by Crippen LogP contribution is -2.51. The summed E-state index contributed by atoms with van der Waals surface area (Å²) in [7, 11) is 0. The fourth-order valence-electron chi connectivity index (χ4n) is 3.72. The van der Waals surface area contributed by atoms with Crippen LogP contribution in [0.3, 0.4) is 0 Å². The molecule has 0 radical (unpaired) electrons. The lowest BCUT2D eigenvalue weighted by Gasteiger charge is -2.42. The Hall–Kier alpha value is -1.02. The monoisotopic (exact) mass is 258 g/mol. The van der Waals surface area contributed by atoms with Gasteiger partial charge in [-0.15, -0.1) is 0 Å². The average molecular weight is 258 g/mol. The van der Waals surface area contributed by atoms with E-state index < -0.39 is 0 Å². The van der Waals surface area contributed by atoms with Crippen LogP contribution in [0.4, 0.5) is 5.69 Å². The summed E-state index contributed by atoms with van der Waals surface area (Å²) in [5.74, 6) is 0.936. The van der Waals surface area contributed by atoms with Crippen molar-refractivity contribution >= 4 is 5.69 Å². The smallest absolute Gasteiger partial charge is 0.0367 e. The molecule has 2 fully saturated rings. The second kappa shape index (κ2) is 5.96. The molecule has 1 aliphatic heterocycles. The molecule has 104 valence electrons. The van der Waals surface area contributed by atoms with Crippen molar-refractivity contribution in [2.24, 2.45) is 5.92 Å². The van der Waals surface area contributed by atoms with E-state index in [-0.39, 0.29) is 0 Å². The molecule has 0 aromatic heterocycles. The van der Waals surface area contributed by atoms with Crippen molar-refractivity contribution in [3.8, 4) is 0 Å². The number of anilines is 1. The fourth-order valence-corrected chi connectivity index (χ4v) is 3.72. The largest absolute Gasteiger partial charge is 0.369 e. The van der Waals surface area contributed by atoms with Gasteiger partial charge in [0, 0.05) is 37.9 Å². The van der Waals surface area contributed by atoms with Crippen LogP contribution in [0.2, 0.25) is 0 Å². The summed E-state index contributed by atoms with van der Waals surface area (Å²) in [6.45, 7) is 7.29. The number of para-hydroxylation sites is 1. The van der Waals surface area contributed by atoms with E-state index in [1.54, 1.807) is 0 Å². The highest BCUT2D eigenvalue weighted by Crippen LogP contribution is 2.28. The van der Waals surface area contributed by atoms with Gasteiger partial charge in [-0.1, -0.05) is 38.0 Å². The number of hydrogen-bond acceptors (Lipinski definition) is 2. The summed E-state index contributed by atoms with van der Waals surface area (Å²) in [6.07, 6.45) is 5.73. The molecule has 0 bridgehead atoms. The molecule has 0 spiro atoms. The topological polar surface area (TPSA) is 6.48 Å². The third-order valence-electron chi connectivity index (χ3n) is 4.86. The molecule has 2 unspecified atom stereocenters. The van der Waals surface area contributed by atoms with Gasteiger partial charge in [-0.3, -0.25) is 4.90 Å². The minimum atomic E-state index is 0.863. The minimum absolute atomic E-state index is 0.863. The summed E-state index contributed by atoms with van der Waals surface area (Å²) >= 11 is 0. The maximum Gasteiger partial charge on any atom is 0.0367 e. The van der Waals surface area contributed by atoms with Crippen molar-refractivity contribution in [1.29, 1.82) is 0 Å². The van der Waals surface area contributed by atoms with E-state index in [2.05, 4.69) is 47.1 Å². The Bertz CT molecular complexity index is 382. The molecule has 1 saturated heterocycles. The molecule has 2 atom stereocenters. The van der Waals surface area contributed by atoms with Crippen LogP contribution in [0.1, 0.15) is 32.6 Å². The van der Waals surface area contributed by atoms with Gasteiger partial charge in [-0.05, 0) is 30.9 Å². The molecule has 19 heavy (non-hydrogen) atoms. The standard InChI is InChI=1S/C17H26N2/c1-15-6-5-9-17(14-15)19-12-10-18(11-13-19)16-7-3-2-4-8-16/h2-4,7-8,15,17H,5-6,9-14H2,1H3. The van der Waals surface area contributed by atoms with Crippen LogP contribution in [0, 0.1) is 5.92 Å². The summed E-state index contributed by atoms with van der Waals surface area (Å²) < 4.78 is 0. The van der Waals surface area contributed by atoms with E-state index in [4.69, 9.17) is 0 Å². The van der Waals surface area contributed by atoms with Crippen molar-refractivity contribution in [2.75, 3.05) is 31.1 Å². The fraction of sp³-hybridized carbons (Fsp3) is 0.647. The molecule has 0 N–H and O–H groups in total. The first-order chi connectivity index (χ1) is 9.33. The number of nitrogens with zero attached hydrogens (tertiary/aromatic N) is 2. The minimum Gasteiger partial charge on any atom is -0.369 e. The lowest BCUT2D eigenvalue weighted by molar-refractivity contribution is 0.127. The first-order valence-corrected chi connectivity index (χ1v) is 7.87. The number of rotatable bonds is 2. The molecule has 2 aliphatic rings. The third kappa shape index (κ3) is 3.11. The highest BCUT2D eigenvalue weighted by Gasteiger charge is 2.27. The second-order valence-corrected chi connectivity index (χ2v) is 6.28. The van der Waals surface area contributed by atoms with Crippen molar-refractivity contribution in [1.82, 2.24) is 4.90 Å². The van der Waals surface area contributed by atoms with E-state index in [1.807, 2.05) is 0 Å². The van der Waals surface area contributed by atoms with Gasteiger partial charge in [-0.25, -0.2) is 0 Å². The quantitative estimate of drug-likeness (QED) is 0.802. The summed E-state index contributed by atoms with van der Waals surface area (Å²) in [4.78, 5) is 5.28. The van der Waals surface area contributed by atoms with E-state index in [0.717, 1.165) is 12.0 Å². The summed E-state index contributed by atoms with van der Waals surface area (Å²) in [6, 6.07) is 11.7. The first-order valence-electron chi connectivity index (χ1n) is 7.87. The highest BCUT2D eigenvalue weighted by atomic mass is 15.3. The van der Waals surface area contributed by atoms with Gasteiger partial charge in [0.2, 0.25) is 0 Å². The van der Waals surface area contributed by atoms with Gasteiger partial charge >= 0.3 is 0 Å². The molecular formula is C17H26N2. The lowest BCUT2D eigenvalue weighted by atomic mass is 9.86. The predicted molar refractivity (Wildman–Crippen MR) is 81.6 cm³/mol. The zero-order valence-corrected chi connectivity index (χ0v) is 12.1. The van der Waals surface area contributed by atoms with E-state index in [0.29, 0.717) is 0 Å². The molecule has 0 amide bonds. The molecule has 1 heterocycles. The van der Waals surface area contributed by atoms with Crippen molar-refractivity contribution in [2.45, 2.75) is 38.6 Å². The maximum absolute atomic E-state index is 2.75. The van der Waals surface area contributed by atoms with Crippen LogP contribution in [-0.4, -0.2) is 37.1 Å². The molecule has 2 nitrogen and oxygen atoms in total. The Morgan fingerprint density at radius 2 is 1.68 bits per heavy atom. The Kier molecular flexibility index (Phi) is 4.07. The van der Waals surface area contributed by atoms with Crippen LogP contribution in [0.25, 0.3) is 0 Å². The molecule has 1 aromatic carbocycles. The Morgan fingerprint density at radius 1 is 0.947 bits per heavy atom. The van der Waals surface area contributed by atoms with Crippen molar-refractivity contribution < 1.29 is 0 Å². The van der Waals surface area contributed by atoms with Crippen LogP contribution in [0.15, 0.2) is 30.3 Å². The summed E-state index contributed by atoms with van der Waals surface area (Å²) in [5.41, 5.74) is 1.39. The van der Waals surface area contributed by atoms with E-state index >= 15 is 0 Å². The van der Waals surface area contributed by atoms with Crippen molar-refractivity contribution in [3.05, 3.63) is 30.3 Å². The molecule has 1 aliphatic carbocycles. The van der Waals surface area contributed by atoms with Gasteiger partial charge in [-0.2, -0.15) is 0 Å². The van der Waals surface area contributed by atoms with Gasteiger partial charge in [0.15, 0.2) is 0 Å². The Balaban J connectivity index is 1.54. The zero-order chi connectivity index (χ0) is 13.1. The molecule has 1 aromatic rings. The maximum atomic E-state index is 2.75. The first kappa shape index (κ1) is 13.0. The highest BCUT2D eigenvalue weighted by molar-refractivity contribution is 5.46. The zero-order valence-electron chi connectivity index (χ0n) is 12.1. The second-order valence-electron chi connectivity index (χ2n) is 6.28. The van der Waals surface area contributed by atoms with Crippen LogP contribution < -0.4 is 4.90 Å². The van der Waals surface area contributed by atoms with Gasteiger partial charge in [0.1, 0.15) is 0 Å². The van der Waals surface area contributed by atoms with Gasteiger partial charge in [0.05, 0.1) is 0 Å². The van der Waals surface area contributed by atoms with E-state index in [9.17, 15) is 0 Å². The van der Waals surface area contributed by atoms with Gasteiger partial charge < -0.3 is 4.90 Å². The number of piperazine rings is 1. The number of hydrogen-bond donors (Lipinski definition) is 0. The molecule has 2 heteroatoms. The van der Waals surface area contributed by atoms with Crippen LogP contribution in [0.5, 0.6) is 0 Å². The average Bonchev–Trinajstić information content (AvgIpc) is 2.48. The predicted octanol–water partition coefficient (Wildman–Crippen LogP) is 3.39. The number of benzene rings is 1. The van der Waals surface area contributed by atoms with E-state index in [1.165, 1.54) is 57.5 Å². The Labute approximate surface area is 117 Å². The summed E-state index contributed by atoms with van der Waals surface area (Å²) in [5, 5.41) is 0. The third-order valence-corrected chi connectivity index (χ3v) is 4.86. The SMILES string of the molecule is CC1CCCC(N2CCN(c3ccccc3)CC2)C1.